The number of hydrogen-bond donors (Lipinski definition) is 1. The van der Waals surface area contributed by atoms with Crippen LogP contribution in [0.3, 0.4) is 0 Å². The molecule has 2 unspecified atom stereocenters. The van der Waals surface area contributed by atoms with Gasteiger partial charge in [0.25, 0.3) is 0 Å². The molecule has 0 bridgehead atoms. The molecule has 0 saturated carbocycles. The van der Waals surface area contributed by atoms with E-state index in [1.165, 1.54) is 23.9 Å². The maximum Gasteiger partial charge on any atom is 0.322 e. The molecule has 1 aromatic carbocycles. The molecule has 1 aliphatic heterocycles. The van der Waals surface area contributed by atoms with Gasteiger partial charge in [0.15, 0.2) is 0 Å². The van der Waals surface area contributed by atoms with Crippen molar-refractivity contribution in [3.8, 4) is 0 Å². The van der Waals surface area contributed by atoms with Crippen molar-refractivity contribution in [2.45, 2.75) is 36.1 Å². The lowest BCUT2D eigenvalue weighted by molar-refractivity contribution is -0.140. The molecule has 21 heavy (non-hydrogen) atoms. The number of nitrogens with zero attached hydrogens (tertiary/aromatic N) is 1. The summed E-state index contributed by atoms with van der Waals surface area (Å²) in [4.78, 5) is 11.5. The first-order chi connectivity index (χ1) is 9.87. The van der Waals surface area contributed by atoms with Gasteiger partial charge in [0.2, 0.25) is 10.0 Å². The van der Waals surface area contributed by atoms with Gasteiger partial charge >= 0.3 is 5.97 Å². The lowest BCUT2D eigenvalue weighted by Gasteiger charge is -2.26. The van der Waals surface area contributed by atoms with Crippen LogP contribution in [0.5, 0.6) is 0 Å². The molecule has 1 N–H and O–H groups in total. The number of sulfonamides is 1. The average molecular weight is 394 g/mol. The van der Waals surface area contributed by atoms with Gasteiger partial charge in [-0.25, -0.2) is 8.42 Å². The Bertz CT molecular complexity index is 635. The zero-order valence-corrected chi connectivity index (χ0v) is 14.6. The van der Waals surface area contributed by atoms with Crippen LogP contribution in [0.25, 0.3) is 0 Å². The molecule has 1 saturated heterocycles. The second kappa shape index (κ2) is 6.68. The Balaban J connectivity index is 2.45. The van der Waals surface area contributed by atoms with Crippen LogP contribution in [0.1, 0.15) is 19.8 Å². The smallest absolute Gasteiger partial charge is 0.322 e. The molecule has 0 radical (unpaired) electrons. The van der Waals surface area contributed by atoms with E-state index >= 15 is 0 Å². The van der Waals surface area contributed by atoms with Gasteiger partial charge in [-0.05, 0) is 24.6 Å². The second-order valence-electron chi connectivity index (χ2n) is 4.72. The van der Waals surface area contributed by atoms with E-state index in [1.807, 2.05) is 6.92 Å². The second-order valence-corrected chi connectivity index (χ2v) is 8.69. The van der Waals surface area contributed by atoms with Crippen molar-refractivity contribution < 1.29 is 18.3 Å². The Kier molecular flexibility index (Phi) is 5.34. The summed E-state index contributed by atoms with van der Waals surface area (Å²) in [5.41, 5.74) is 0. The predicted molar refractivity (Wildman–Crippen MR) is 85.7 cm³/mol. The summed E-state index contributed by atoms with van der Waals surface area (Å²) in [6, 6.07) is 5.35. The highest BCUT2D eigenvalue weighted by molar-refractivity contribution is 9.10. The summed E-state index contributed by atoms with van der Waals surface area (Å²) in [6.45, 7) is 1.96. The molecule has 1 aromatic rings. The number of benzene rings is 1. The predicted octanol–water partition coefficient (Wildman–Crippen LogP) is 2.77. The number of aliphatic carboxylic acids is 1. The van der Waals surface area contributed by atoms with E-state index < -0.39 is 22.0 Å². The highest BCUT2D eigenvalue weighted by Gasteiger charge is 2.45. The molecule has 1 aliphatic rings. The van der Waals surface area contributed by atoms with E-state index in [9.17, 15) is 18.3 Å². The minimum atomic E-state index is -3.83. The molecule has 0 aliphatic carbocycles. The summed E-state index contributed by atoms with van der Waals surface area (Å²) >= 11 is 4.64. The summed E-state index contributed by atoms with van der Waals surface area (Å²) in [5.74, 6) is -0.813. The molecule has 8 heteroatoms. The van der Waals surface area contributed by atoms with Gasteiger partial charge in [-0.3, -0.25) is 4.79 Å². The maximum atomic E-state index is 12.8. The number of carboxylic acids is 1. The van der Waals surface area contributed by atoms with Crippen molar-refractivity contribution in [3.63, 3.8) is 0 Å². The van der Waals surface area contributed by atoms with E-state index in [2.05, 4.69) is 15.9 Å². The summed E-state index contributed by atoms with van der Waals surface area (Å²) in [5, 5.41) is 8.99. The molecule has 2 atom stereocenters. The average Bonchev–Trinajstić information content (AvgIpc) is 2.84. The lowest BCUT2D eigenvalue weighted by Crippen LogP contribution is -2.45. The summed E-state index contributed by atoms with van der Waals surface area (Å²) in [7, 11) is -3.83. The number of hydrogen-bond acceptors (Lipinski definition) is 4. The third kappa shape index (κ3) is 3.44. The van der Waals surface area contributed by atoms with E-state index in [1.54, 1.807) is 12.1 Å². The van der Waals surface area contributed by atoms with Gasteiger partial charge in [-0.15, -0.1) is 11.8 Å². The number of carbonyl (C=O) groups is 1. The lowest BCUT2D eigenvalue weighted by atomic mass is 10.3. The van der Waals surface area contributed by atoms with Crippen LogP contribution in [-0.4, -0.2) is 41.0 Å². The van der Waals surface area contributed by atoms with Crippen LogP contribution < -0.4 is 0 Å². The molecule has 0 amide bonds. The Morgan fingerprint density at radius 3 is 2.81 bits per heavy atom. The molecule has 0 spiro atoms. The zero-order chi connectivity index (χ0) is 15.6. The fraction of sp³-hybridized carbons (Fsp3) is 0.462. The highest BCUT2D eigenvalue weighted by atomic mass is 79.9. The fourth-order valence-corrected chi connectivity index (χ4v) is 6.51. The molecular formula is C13H16BrNO4S2. The molecular weight excluding hydrogens is 378 g/mol. The van der Waals surface area contributed by atoms with Crippen LogP contribution in [-0.2, 0) is 14.8 Å². The van der Waals surface area contributed by atoms with E-state index in [0.29, 0.717) is 10.9 Å². The molecule has 2 rings (SSSR count). The molecule has 1 fully saturated rings. The van der Waals surface area contributed by atoms with Crippen molar-refractivity contribution in [1.29, 1.82) is 0 Å². The fourth-order valence-electron chi connectivity index (χ4n) is 2.26. The first-order valence-electron chi connectivity index (χ1n) is 6.51. The van der Waals surface area contributed by atoms with Crippen molar-refractivity contribution in [2.24, 2.45) is 0 Å². The molecule has 1 heterocycles. The Morgan fingerprint density at radius 2 is 2.24 bits per heavy atom. The molecule has 116 valence electrons. The quantitative estimate of drug-likeness (QED) is 0.831. The third-order valence-electron chi connectivity index (χ3n) is 3.23. The van der Waals surface area contributed by atoms with Crippen molar-refractivity contribution >= 4 is 43.7 Å². The molecule has 0 aromatic heterocycles. The maximum absolute atomic E-state index is 12.8. The number of rotatable bonds is 5. The Hall–Kier alpha value is -0.570. The monoisotopic (exact) mass is 393 g/mol. The Labute approximate surface area is 136 Å². The van der Waals surface area contributed by atoms with Gasteiger partial charge in [-0.2, -0.15) is 4.31 Å². The van der Waals surface area contributed by atoms with Crippen molar-refractivity contribution in [2.75, 3.05) is 5.75 Å². The SMILES string of the molecule is CCCC1SCC(C(=O)O)N1S(=O)(=O)c1cccc(Br)c1. The van der Waals surface area contributed by atoms with Crippen molar-refractivity contribution in [3.05, 3.63) is 28.7 Å². The number of halogens is 1. The number of carboxylic acid groups (broad SMARTS) is 1. The first-order valence-corrected chi connectivity index (χ1v) is 9.79. The minimum absolute atomic E-state index is 0.117. The largest absolute Gasteiger partial charge is 0.480 e. The van der Waals surface area contributed by atoms with Crippen LogP contribution >= 0.6 is 27.7 Å². The standard InChI is InChI=1S/C13H16BrNO4S2/c1-2-4-12-15(11(8-20-12)13(16)17)21(18,19)10-6-3-5-9(14)7-10/h3,5-7,11-12H,2,4,8H2,1H3,(H,16,17). The normalized spacial score (nSPS) is 23.3. The summed E-state index contributed by atoms with van der Waals surface area (Å²) in [6.07, 6.45) is 1.44. The molecule has 5 nitrogen and oxygen atoms in total. The van der Waals surface area contributed by atoms with Gasteiger partial charge in [0.1, 0.15) is 6.04 Å². The van der Waals surface area contributed by atoms with Crippen LogP contribution in [0.2, 0.25) is 0 Å². The zero-order valence-electron chi connectivity index (χ0n) is 11.4. The highest BCUT2D eigenvalue weighted by Crippen LogP contribution is 2.37. The van der Waals surface area contributed by atoms with E-state index in [4.69, 9.17) is 0 Å². The topological polar surface area (TPSA) is 74.7 Å². The third-order valence-corrected chi connectivity index (χ3v) is 7.13. The van der Waals surface area contributed by atoms with E-state index in [-0.39, 0.29) is 16.0 Å². The van der Waals surface area contributed by atoms with Gasteiger partial charge in [-0.1, -0.05) is 35.3 Å². The van der Waals surface area contributed by atoms with Gasteiger partial charge in [0.05, 0.1) is 10.3 Å². The van der Waals surface area contributed by atoms with Gasteiger partial charge < -0.3 is 5.11 Å². The Morgan fingerprint density at radius 1 is 1.52 bits per heavy atom. The first kappa shape index (κ1) is 16.8. The van der Waals surface area contributed by atoms with Crippen LogP contribution in [0, 0.1) is 0 Å². The van der Waals surface area contributed by atoms with Crippen molar-refractivity contribution in [1.82, 2.24) is 4.31 Å². The summed E-state index contributed by atoms with van der Waals surface area (Å²) < 4.78 is 27.4. The van der Waals surface area contributed by atoms with Crippen LogP contribution in [0.4, 0.5) is 0 Å². The number of thioether (sulfide) groups is 1. The van der Waals surface area contributed by atoms with E-state index in [0.717, 1.165) is 10.7 Å². The van der Waals surface area contributed by atoms with Gasteiger partial charge in [0, 0.05) is 10.2 Å². The minimum Gasteiger partial charge on any atom is -0.480 e. The van der Waals surface area contributed by atoms with Crippen LogP contribution in [0.15, 0.2) is 33.6 Å².